The van der Waals surface area contributed by atoms with Crippen molar-refractivity contribution in [2.24, 2.45) is 11.8 Å². The molecule has 0 saturated carbocycles. The topological polar surface area (TPSA) is 113 Å². The van der Waals surface area contributed by atoms with Crippen molar-refractivity contribution in [2.75, 3.05) is 12.1 Å². The Morgan fingerprint density at radius 3 is 2.73 bits per heavy atom. The largest absolute Gasteiger partial charge is 0.454 e. The van der Waals surface area contributed by atoms with Crippen LogP contribution in [0.15, 0.2) is 66.9 Å². The van der Waals surface area contributed by atoms with Crippen LogP contribution in [0.2, 0.25) is 0 Å². The zero-order valence-electron chi connectivity index (χ0n) is 21.1. The first-order valence-electron chi connectivity index (χ1n) is 13.1. The molecule has 4 atom stereocenters. The van der Waals surface area contributed by atoms with Crippen molar-refractivity contribution in [3.63, 3.8) is 0 Å². The van der Waals surface area contributed by atoms with E-state index in [1.807, 2.05) is 30.5 Å². The number of carbonyl (C=O) groups excluding carboxylic acids is 3. The number of benzene rings is 3. The smallest absolute Gasteiger partial charge is 0.250 e. The SMILES string of the molecule is O=C1[C@H]2[C@@H](C(=O)N1Cc1ccc3c(c1)OCO3)[C@]1(N[C@@H]2Cc2c[nH]c3ccccc23)C(=O)Nc2ccc(F)cc21. The van der Waals surface area contributed by atoms with Crippen LogP contribution < -0.4 is 20.1 Å². The Morgan fingerprint density at radius 2 is 1.82 bits per heavy atom. The first-order valence-corrected chi connectivity index (χ1v) is 13.1. The van der Waals surface area contributed by atoms with E-state index >= 15 is 0 Å². The number of H-pyrrole nitrogens is 1. The van der Waals surface area contributed by atoms with Crippen LogP contribution >= 0.6 is 0 Å². The molecule has 2 saturated heterocycles. The highest BCUT2D eigenvalue weighted by Crippen LogP contribution is 2.53. The molecule has 10 heteroatoms. The maximum absolute atomic E-state index is 14.5. The lowest BCUT2D eigenvalue weighted by molar-refractivity contribution is -0.143. The van der Waals surface area contributed by atoms with Gasteiger partial charge < -0.3 is 19.8 Å². The standard InChI is InChI=1S/C30H23FN4O5/c31-17-6-7-21-19(11-17)30(29(38)33-21)26-25(22(34-30)10-16-12-32-20-4-2-1-3-18(16)20)27(36)35(28(26)37)13-15-5-8-23-24(9-15)40-14-39-23/h1-9,11-12,22,25-26,32,34H,10,13-14H2,(H,33,38)/t22-,25-,26+,30+/m1/s1. The van der Waals surface area contributed by atoms with E-state index in [2.05, 4.69) is 15.6 Å². The third-order valence-corrected chi connectivity index (χ3v) is 8.66. The predicted octanol–water partition coefficient (Wildman–Crippen LogP) is 3.20. The molecule has 2 fully saturated rings. The summed E-state index contributed by atoms with van der Waals surface area (Å²) in [6.45, 7) is 0.133. The van der Waals surface area contributed by atoms with Crippen LogP contribution in [-0.4, -0.2) is 40.4 Å². The van der Waals surface area contributed by atoms with Crippen molar-refractivity contribution in [2.45, 2.75) is 24.5 Å². The summed E-state index contributed by atoms with van der Waals surface area (Å²) in [6, 6.07) is 16.6. The van der Waals surface area contributed by atoms with Crippen LogP contribution in [-0.2, 0) is 32.9 Å². The van der Waals surface area contributed by atoms with Gasteiger partial charge in [-0.05, 0) is 53.9 Å². The molecule has 0 aliphatic carbocycles. The summed E-state index contributed by atoms with van der Waals surface area (Å²) in [6.07, 6.45) is 2.28. The van der Waals surface area contributed by atoms with Crippen molar-refractivity contribution in [1.82, 2.24) is 15.2 Å². The summed E-state index contributed by atoms with van der Waals surface area (Å²) in [5, 5.41) is 7.21. The van der Waals surface area contributed by atoms with Gasteiger partial charge in [0.2, 0.25) is 24.5 Å². The van der Waals surface area contributed by atoms with Gasteiger partial charge in [-0.15, -0.1) is 0 Å². The predicted molar refractivity (Wildman–Crippen MR) is 141 cm³/mol. The molecule has 3 aromatic carbocycles. The highest BCUT2D eigenvalue weighted by Gasteiger charge is 2.70. The van der Waals surface area contributed by atoms with Crippen LogP contribution in [0.4, 0.5) is 10.1 Å². The number of halogens is 1. The fourth-order valence-corrected chi connectivity index (χ4v) is 6.92. The molecule has 4 aromatic rings. The summed E-state index contributed by atoms with van der Waals surface area (Å²) in [4.78, 5) is 46.4. The van der Waals surface area contributed by atoms with Crippen LogP contribution in [0.5, 0.6) is 11.5 Å². The van der Waals surface area contributed by atoms with Gasteiger partial charge in [0.1, 0.15) is 11.4 Å². The van der Waals surface area contributed by atoms with E-state index in [4.69, 9.17) is 9.47 Å². The Hall–Kier alpha value is -4.70. The quantitative estimate of drug-likeness (QED) is 0.344. The van der Waals surface area contributed by atoms with Crippen LogP contribution in [0, 0.1) is 17.7 Å². The Balaban J connectivity index is 1.22. The number of para-hydroxylation sites is 1. The lowest BCUT2D eigenvalue weighted by Crippen LogP contribution is -2.53. The third-order valence-electron chi connectivity index (χ3n) is 8.66. The number of hydrogen-bond donors (Lipinski definition) is 3. The summed E-state index contributed by atoms with van der Waals surface area (Å²) in [5.74, 6) is -2.52. The van der Waals surface area contributed by atoms with Crippen LogP contribution in [0.3, 0.4) is 0 Å². The van der Waals surface area contributed by atoms with Gasteiger partial charge in [0, 0.05) is 34.4 Å². The molecule has 1 aromatic heterocycles. The number of imide groups is 1. The number of rotatable bonds is 4. The maximum atomic E-state index is 14.5. The summed E-state index contributed by atoms with van der Waals surface area (Å²) >= 11 is 0. The minimum Gasteiger partial charge on any atom is -0.454 e. The second-order valence-corrected chi connectivity index (χ2v) is 10.7. The number of aromatic nitrogens is 1. The average Bonchev–Trinajstić information content (AvgIpc) is 3.75. The Labute approximate surface area is 227 Å². The fraction of sp³-hybridized carbons (Fsp3) is 0.233. The Morgan fingerprint density at radius 1 is 0.975 bits per heavy atom. The second kappa shape index (κ2) is 8.15. The monoisotopic (exact) mass is 538 g/mol. The lowest BCUT2D eigenvalue weighted by Gasteiger charge is -2.29. The minimum atomic E-state index is -1.57. The number of ether oxygens (including phenoxy) is 2. The fourth-order valence-electron chi connectivity index (χ4n) is 6.92. The third kappa shape index (κ3) is 3.07. The average molecular weight is 539 g/mol. The minimum absolute atomic E-state index is 0.0226. The Kier molecular flexibility index (Phi) is 4.73. The van der Waals surface area contributed by atoms with Crippen molar-refractivity contribution >= 4 is 34.3 Å². The molecule has 8 rings (SSSR count). The number of aromatic amines is 1. The molecule has 9 nitrogen and oxygen atoms in total. The molecule has 3 amide bonds. The molecular formula is C30H23FN4O5. The van der Waals surface area contributed by atoms with Gasteiger partial charge in [-0.1, -0.05) is 24.3 Å². The molecule has 0 radical (unpaired) electrons. The van der Waals surface area contributed by atoms with Gasteiger partial charge in [0.15, 0.2) is 11.5 Å². The van der Waals surface area contributed by atoms with Crippen LogP contribution in [0.1, 0.15) is 16.7 Å². The van der Waals surface area contributed by atoms with Crippen LogP contribution in [0.25, 0.3) is 10.9 Å². The number of fused-ring (bicyclic) bond motifs is 6. The number of likely N-dealkylation sites (tertiary alicyclic amines) is 1. The number of nitrogens with one attached hydrogen (secondary N) is 3. The maximum Gasteiger partial charge on any atom is 0.250 e. The molecule has 1 spiro atoms. The van der Waals surface area contributed by atoms with E-state index in [9.17, 15) is 18.8 Å². The summed E-state index contributed by atoms with van der Waals surface area (Å²) < 4.78 is 25.4. The van der Waals surface area contributed by atoms with Gasteiger partial charge in [-0.25, -0.2) is 4.39 Å². The number of amides is 3. The molecule has 40 heavy (non-hydrogen) atoms. The van der Waals surface area contributed by atoms with Crippen molar-refractivity contribution in [3.05, 3.63) is 89.4 Å². The van der Waals surface area contributed by atoms with E-state index < -0.39 is 41.0 Å². The summed E-state index contributed by atoms with van der Waals surface area (Å²) in [5.41, 5.74) is 1.81. The highest BCUT2D eigenvalue weighted by molar-refractivity contribution is 6.15. The second-order valence-electron chi connectivity index (χ2n) is 10.7. The van der Waals surface area contributed by atoms with E-state index in [1.54, 1.807) is 18.2 Å². The number of nitrogens with zero attached hydrogens (tertiary/aromatic N) is 1. The molecule has 5 heterocycles. The van der Waals surface area contributed by atoms with Gasteiger partial charge in [0.25, 0.3) is 0 Å². The van der Waals surface area contributed by atoms with Gasteiger partial charge in [0.05, 0.1) is 18.4 Å². The normalized spacial score (nSPS) is 26.2. The lowest BCUT2D eigenvalue weighted by atomic mass is 9.76. The molecular weight excluding hydrogens is 515 g/mol. The van der Waals surface area contributed by atoms with E-state index in [1.165, 1.54) is 23.1 Å². The van der Waals surface area contributed by atoms with Gasteiger partial charge >= 0.3 is 0 Å². The van der Waals surface area contributed by atoms with Crippen molar-refractivity contribution in [3.8, 4) is 11.5 Å². The number of hydrogen-bond acceptors (Lipinski definition) is 6. The molecule has 4 aliphatic rings. The zero-order valence-corrected chi connectivity index (χ0v) is 21.1. The summed E-state index contributed by atoms with van der Waals surface area (Å²) in [7, 11) is 0. The molecule has 200 valence electrons. The van der Waals surface area contributed by atoms with E-state index in [0.717, 1.165) is 16.5 Å². The number of carbonyl (C=O) groups is 3. The van der Waals surface area contributed by atoms with E-state index in [0.29, 0.717) is 34.7 Å². The number of anilines is 1. The first kappa shape index (κ1) is 23.2. The Bertz CT molecular complexity index is 1770. The van der Waals surface area contributed by atoms with Gasteiger partial charge in [-0.2, -0.15) is 0 Å². The molecule has 3 N–H and O–H groups in total. The first-order chi connectivity index (χ1) is 19.4. The zero-order chi connectivity index (χ0) is 27.2. The molecule has 0 bridgehead atoms. The van der Waals surface area contributed by atoms with Crippen molar-refractivity contribution < 1.29 is 28.2 Å². The van der Waals surface area contributed by atoms with E-state index in [-0.39, 0.29) is 19.2 Å². The molecule has 0 unspecified atom stereocenters. The van der Waals surface area contributed by atoms with Crippen molar-refractivity contribution in [1.29, 1.82) is 0 Å². The molecule has 4 aliphatic heterocycles. The van der Waals surface area contributed by atoms with Gasteiger partial charge in [-0.3, -0.25) is 24.6 Å². The highest BCUT2D eigenvalue weighted by atomic mass is 19.1.